The van der Waals surface area contributed by atoms with Crippen LogP contribution in [0.4, 0.5) is 0 Å². The molecule has 3 aliphatic heterocycles. The number of primary amides is 2. The number of phenols is 1. The molecule has 0 unspecified atom stereocenters. The molecule has 10 rings (SSSR count). The number of carbonyl (C=O) groups is 17. The fraction of sp³-hybridized carbons (Fsp3) is 0.500. The third-order valence-electron chi connectivity index (χ3n) is 23.1. The lowest BCUT2D eigenvalue weighted by atomic mass is 9.90. The number of fused-ring (bicyclic) bond motifs is 5. The maximum absolute atomic E-state index is 15.3. The number of para-hydroxylation sites is 1. The van der Waals surface area contributed by atoms with Crippen LogP contribution in [-0.2, 0) is 107 Å². The van der Waals surface area contributed by atoms with Crippen LogP contribution in [0.5, 0.6) is 5.75 Å². The SMILES string of the molecule is CCCC[C@@H]1NC(=O)[C@H](Cc2csc3ccccc23)NC(=O)[C@H](CO)NC(=O)[C@H](Cc2c[nH]c3ccccc23)CC(=O)[C@@H]2C[C@@H](O)CN2C(=O)[C@H](CCC(N)=O)NC(=O)[C@H](Cc2c[nH]cn2)NC(=O)[C@@H]2CCCN2C(=O)[C@H](CC(=O)O)NC(=O)[C@H](C)n2nnnc2[C@H](Cc2ccc(O)cc2)NC(=O)CSC[C@@H](C(=O)NCC(N)=O)NC(=O)[C@H](C)NC(=O)[C@H](CCCC)N(C)C1=O. The van der Waals surface area contributed by atoms with Crippen LogP contribution in [0, 0.1) is 5.92 Å². The van der Waals surface area contributed by atoms with Gasteiger partial charge in [0.25, 0.3) is 0 Å². The van der Waals surface area contributed by atoms with E-state index in [0.717, 1.165) is 35.8 Å². The number of likely N-dealkylation sites (N-methyl/N-ethyl adjacent to an activating group) is 1. The number of rotatable bonds is 23. The number of tetrazole rings is 1. The standard InChI is InChI=1S/C86H112N22O21S2/c1-6-8-17-57-84(127)105(5)65(19-9-7-2)82(125)93-45(3)75(118)101-64(78(121)91-38-71(88)114)42-130-43-72(115)94-59(29-47-22-24-52(110)25-23-47)74-102-103-104-108(74)46(4)76(119)99-62(35-73(116)117)86(129)106-28-14-20-66(106)83(126)98-61(33-51-37-89-44-92-51)80(123)96-58(26-27-70(87)113)85(128)107-39-53(111)34-67(107)68(112)32-48(30-49-36-90-56-18-12-10-15-54(49)56)77(120)100-63(40-109)81(124)97-60(79(122)95-57)31-50-41-131-69-21-13-11-16-55(50)69/h10-13,15-16,18,21-25,36-37,41,44-46,48,53,57-67,90,109-111H,6-9,14,17,19-20,26-35,38-40,42-43H2,1-5H3,(H2,87,113)(H2,88,114)(H,89,92)(H,91,121)(H,93,125)(H,94,115)(H,95,122)(H,96,123)(H,97,124)(H,98,126)(H,99,119)(H,100,120)(H,101,118)(H,116,117)/t45-,46-,48+,53+,57-,58-,59-,60-,61-,62-,63-,64-,65-,66-,67-/m0/s1. The van der Waals surface area contributed by atoms with Crippen molar-refractivity contribution in [3.05, 3.63) is 125 Å². The number of amides is 15. The zero-order chi connectivity index (χ0) is 94.9. The quantitative estimate of drug-likeness (QED) is 0.0336. The number of thiophene rings is 1. The van der Waals surface area contributed by atoms with Crippen molar-refractivity contribution in [1.29, 1.82) is 0 Å². The number of imidazole rings is 1. The van der Waals surface area contributed by atoms with Crippen molar-refractivity contribution in [3.8, 4) is 5.75 Å². The van der Waals surface area contributed by atoms with Gasteiger partial charge in [-0.05, 0) is 115 Å². The fourth-order valence-electron chi connectivity index (χ4n) is 16.0. The third-order valence-corrected chi connectivity index (χ3v) is 25.1. The summed E-state index contributed by atoms with van der Waals surface area (Å²) < 4.78 is 1.80. The van der Waals surface area contributed by atoms with Gasteiger partial charge < -0.3 is 110 Å². The molecule has 2 saturated heterocycles. The lowest BCUT2D eigenvalue weighted by molar-refractivity contribution is -0.146. The molecule has 704 valence electrons. The minimum atomic E-state index is -1.91. The van der Waals surface area contributed by atoms with Gasteiger partial charge in [-0.1, -0.05) is 88.1 Å². The predicted molar refractivity (Wildman–Crippen MR) is 473 cm³/mol. The number of Topliss-reactive ketones (excluding diaryl/α,β-unsaturated/α-hetero) is 1. The number of hydrogen-bond donors (Lipinski definition) is 18. The smallest absolute Gasteiger partial charge is 0.305 e. The Balaban J connectivity index is 1.00. The van der Waals surface area contributed by atoms with Gasteiger partial charge in [0.15, 0.2) is 11.6 Å². The molecule has 0 radical (unpaired) electrons. The molecule has 3 aromatic carbocycles. The van der Waals surface area contributed by atoms with Gasteiger partial charge in [0.05, 0.1) is 55.5 Å². The highest BCUT2D eigenvalue weighted by Gasteiger charge is 2.46. The highest BCUT2D eigenvalue weighted by Crippen LogP contribution is 2.31. The Morgan fingerprint density at radius 1 is 0.626 bits per heavy atom. The molecule has 0 aliphatic carbocycles. The first kappa shape index (κ1) is 99.9. The molecule has 0 bridgehead atoms. The number of carbonyl (C=O) groups excluding carboxylic acids is 16. The Labute approximate surface area is 760 Å². The number of aliphatic hydroxyl groups is 2. The number of aliphatic carboxylic acids is 1. The summed E-state index contributed by atoms with van der Waals surface area (Å²) in [5.74, 6) is -19.3. The summed E-state index contributed by atoms with van der Waals surface area (Å²) in [4.78, 5) is 258. The summed E-state index contributed by atoms with van der Waals surface area (Å²) in [5.41, 5.74) is 13.4. The summed E-state index contributed by atoms with van der Waals surface area (Å²) in [6.45, 7) is 3.76. The van der Waals surface area contributed by atoms with Gasteiger partial charge in [-0.3, -0.25) is 81.5 Å². The molecule has 4 aromatic heterocycles. The second-order valence-corrected chi connectivity index (χ2v) is 34.7. The van der Waals surface area contributed by atoms with E-state index in [1.54, 1.807) is 48.0 Å². The lowest BCUT2D eigenvalue weighted by Crippen LogP contribution is -2.60. The fourth-order valence-corrected chi connectivity index (χ4v) is 17.8. The van der Waals surface area contributed by atoms with Crippen LogP contribution in [-0.4, -0.2) is 288 Å². The number of unbranched alkanes of at least 4 members (excludes halogenated alkanes) is 2. The van der Waals surface area contributed by atoms with Gasteiger partial charge in [0, 0.05) is 98.3 Å². The minimum Gasteiger partial charge on any atom is -0.508 e. The third kappa shape index (κ3) is 27.2. The van der Waals surface area contributed by atoms with Crippen LogP contribution < -0.4 is 64.6 Å². The number of H-pyrrole nitrogens is 2. The van der Waals surface area contributed by atoms with E-state index in [0.29, 0.717) is 58.7 Å². The number of nitrogens with zero attached hydrogens (tertiary/aromatic N) is 8. The van der Waals surface area contributed by atoms with Gasteiger partial charge in [-0.2, -0.15) is 0 Å². The second kappa shape index (κ2) is 47.3. The van der Waals surface area contributed by atoms with E-state index in [2.05, 4.69) is 83.6 Å². The minimum absolute atomic E-state index is 0.00463. The number of nitrogens with two attached hydrogens (primary N) is 2. The summed E-state index contributed by atoms with van der Waals surface area (Å²) in [5, 5.41) is 84.4. The van der Waals surface area contributed by atoms with Gasteiger partial charge in [0.2, 0.25) is 88.6 Å². The first-order chi connectivity index (χ1) is 62.6. The van der Waals surface area contributed by atoms with Crippen LogP contribution in [0.2, 0.25) is 0 Å². The predicted octanol–water partition coefficient (Wildman–Crippen LogP) is -1.80. The second-order valence-electron chi connectivity index (χ2n) is 32.8. The van der Waals surface area contributed by atoms with Crippen LogP contribution >= 0.6 is 23.1 Å². The number of carboxylic acid groups (broad SMARTS) is 1. The Bertz CT molecular complexity index is 5280. The van der Waals surface area contributed by atoms with Crippen molar-refractivity contribution in [3.63, 3.8) is 0 Å². The Morgan fingerprint density at radius 3 is 1.96 bits per heavy atom. The molecular weight excluding hydrogens is 1740 g/mol. The van der Waals surface area contributed by atoms with Gasteiger partial charge in [-0.25, -0.2) is 9.67 Å². The van der Waals surface area contributed by atoms with Crippen molar-refractivity contribution in [2.75, 3.05) is 44.8 Å². The molecular formula is C86H112N22O21S2. The Morgan fingerprint density at radius 2 is 1.27 bits per heavy atom. The number of benzene rings is 3. The summed E-state index contributed by atoms with van der Waals surface area (Å²) in [6, 6.07) is -0.293. The number of thioether (sulfide) groups is 1. The van der Waals surface area contributed by atoms with Crippen molar-refractivity contribution >= 4 is 144 Å². The van der Waals surface area contributed by atoms with Crippen LogP contribution in [0.3, 0.4) is 0 Å². The van der Waals surface area contributed by atoms with E-state index < -0.39 is 255 Å². The van der Waals surface area contributed by atoms with Gasteiger partial charge in [-0.15, -0.1) is 28.2 Å². The first-order valence-corrected chi connectivity index (χ1v) is 45.3. The highest BCUT2D eigenvalue weighted by molar-refractivity contribution is 8.00. The lowest BCUT2D eigenvalue weighted by Gasteiger charge is -2.32. The number of hydrogen-bond acceptors (Lipinski definition) is 26. The Hall–Kier alpha value is -13.3. The van der Waals surface area contributed by atoms with E-state index in [1.165, 1.54) is 69.0 Å². The summed E-state index contributed by atoms with van der Waals surface area (Å²) >= 11 is 2.15. The number of phenolic OH excluding ortho intramolecular Hbond substituents is 1. The monoisotopic (exact) mass is 1850 g/mol. The van der Waals surface area contributed by atoms with Gasteiger partial charge in [0.1, 0.15) is 72.2 Å². The molecule has 20 N–H and O–H groups in total. The average molecular weight is 1850 g/mol. The number of carboxylic acids is 1. The molecule has 15 atom stereocenters. The molecule has 131 heavy (non-hydrogen) atoms. The highest BCUT2D eigenvalue weighted by atomic mass is 32.2. The molecule has 7 aromatic rings. The Kier molecular flexibility index (Phi) is 36.1. The zero-order valence-corrected chi connectivity index (χ0v) is 74.6. The largest absolute Gasteiger partial charge is 0.508 e. The van der Waals surface area contributed by atoms with Crippen molar-refractivity contribution < 1.29 is 102 Å². The molecule has 0 spiro atoms. The maximum Gasteiger partial charge on any atom is 0.305 e. The number of aliphatic hydroxyl groups excluding tert-OH is 2. The van der Waals surface area contributed by atoms with Crippen molar-refractivity contribution in [2.24, 2.45) is 17.4 Å². The molecule has 43 nitrogen and oxygen atoms in total. The van der Waals surface area contributed by atoms with E-state index in [1.807, 2.05) is 26.0 Å². The van der Waals surface area contributed by atoms with E-state index in [-0.39, 0.29) is 74.5 Å². The molecule has 3 aliphatic rings. The molecule has 7 heterocycles. The number of aromatic amines is 2. The maximum atomic E-state index is 15.3. The van der Waals surface area contributed by atoms with Gasteiger partial charge >= 0.3 is 5.97 Å². The van der Waals surface area contributed by atoms with E-state index >= 15 is 33.6 Å². The topological polar surface area (TPSA) is 641 Å². The zero-order valence-electron chi connectivity index (χ0n) is 72.9. The number of ketones is 1. The van der Waals surface area contributed by atoms with E-state index in [4.69, 9.17) is 11.5 Å². The van der Waals surface area contributed by atoms with Crippen molar-refractivity contribution in [2.45, 2.75) is 221 Å². The summed E-state index contributed by atoms with van der Waals surface area (Å²) in [7, 11) is 1.34. The first-order valence-electron chi connectivity index (χ1n) is 43.2. The van der Waals surface area contributed by atoms with Crippen LogP contribution in [0.25, 0.3) is 21.0 Å². The molecule has 2 fully saturated rings. The number of aromatic hydroxyl groups is 1. The number of nitrogens with one attached hydrogen (secondary N) is 12. The molecule has 45 heteroatoms. The molecule has 0 saturated carbocycles. The number of aromatic nitrogens is 7. The van der Waals surface area contributed by atoms with Crippen LogP contribution in [0.15, 0.2) is 96.9 Å². The average Bonchev–Trinajstić information content (AvgIpc) is 1.68. The van der Waals surface area contributed by atoms with Crippen molar-refractivity contribution in [1.82, 2.24) is 103 Å². The summed E-state index contributed by atoms with van der Waals surface area (Å²) in [6.07, 6.45) is 0.416. The van der Waals surface area contributed by atoms with Crippen LogP contribution in [0.1, 0.15) is 151 Å². The van der Waals surface area contributed by atoms with E-state index in [9.17, 15) is 68.4 Å². The molecule has 15 amide bonds. The normalized spacial score (nSPS) is 24.9.